The Labute approximate surface area is 241 Å². The minimum Gasteiger partial charge on any atom is -0.463 e. The minimum atomic E-state index is -1.10. The van der Waals surface area contributed by atoms with Crippen LogP contribution >= 0.6 is 0 Å². The number of primary amides is 1. The Morgan fingerprint density at radius 2 is 1.59 bits per heavy atom. The maximum absolute atomic E-state index is 13.4. The Morgan fingerprint density at radius 1 is 0.902 bits per heavy atom. The summed E-state index contributed by atoms with van der Waals surface area (Å²) in [6.07, 6.45) is 3.15. The molecular formula is C31H42N4O6. The van der Waals surface area contributed by atoms with E-state index in [4.69, 9.17) is 10.5 Å². The number of rotatable bonds is 15. The third kappa shape index (κ3) is 10.7. The maximum atomic E-state index is 13.4. The van der Waals surface area contributed by atoms with Gasteiger partial charge < -0.3 is 26.4 Å². The lowest BCUT2D eigenvalue weighted by Crippen LogP contribution is -2.56. The van der Waals surface area contributed by atoms with Gasteiger partial charge in [0.15, 0.2) is 0 Å². The number of amides is 4. The molecule has 0 aliphatic rings. The molecule has 0 bridgehead atoms. The maximum Gasteiger partial charge on any atom is 0.330 e. The normalized spacial score (nSPS) is 13.5. The molecule has 222 valence electrons. The van der Waals surface area contributed by atoms with E-state index in [1.807, 2.05) is 44.2 Å². The van der Waals surface area contributed by atoms with Gasteiger partial charge in [0.2, 0.25) is 17.7 Å². The van der Waals surface area contributed by atoms with Gasteiger partial charge in [-0.3, -0.25) is 19.2 Å². The Morgan fingerprint density at radius 3 is 2.22 bits per heavy atom. The van der Waals surface area contributed by atoms with E-state index in [1.165, 1.54) is 6.08 Å². The molecule has 0 fully saturated rings. The van der Waals surface area contributed by atoms with Gasteiger partial charge in [0, 0.05) is 24.1 Å². The van der Waals surface area contributed by atoms with Crippen molar-refractivity contribution in [2.75, 3.05) is 6.61 Å². The van der Waals surface area contributed by atoms with Gasteiger partial charge in [-0.1, -0.05) is 70.2 Å². The average molecular weight is 567 g/mol. The number of hydrogen-bond donors (Lipinski definition) is 4. The fraction of sp³-hybridized carbons (Fsp3) is 0.452. The molecular weight excluding hydrogens is 524 g/mol. The highest BCUT2D eigenvalue weighted by molar-refractivity contribution is 6.08. The Kier molecular flexibility index (Phi) is 13.0. The van der Waals surface area contributed by atoms with Crippen LogP contribution in [0.15, 0.2) is 54.6 Å². The largest absolute Gasteiger partial charge is 0.463 e. The molecule has 5 N–H and O–H groups in total. The predicted molar refractivity (Wildman–Crippen MR) is 158 cm³/mol. The zero-order chi connectivity index (χ0) is 30.5. The number of hydrogen-bond acceptors (Lipinski definition) is 6. The van der Waals surface area contributed by atoms with Crippen molar-refractivity contribution >= 4 is 40.4 Å². The average Bonchev–Trinajstić information content (AvgIpc) is 2.91. The molecule has 2 rings (SSSR count). The van der Waals surface area contributed by atoms with Crippen LogP contribution in [0, 0.1) is 11.8 Å². The second-order valence-corrected chi connectivity index (χ2v) is 10.6. The Bertz CT molecular complexity index is 1250. The van der Waals surface area contributed by atoms with Crippen LogP contribution < -0.4 is 21.7 Å². The van der Waals surface area contributed by atoms with E-state index in [0.717, 1.165) is 10.8 Å². The van der Waals surface area contributed by atoms with Gasteiger partial charge in [0.1, 0.15) is 12.1 Å². The third-order valence-corrected chi connectivity index (χ3v) is 6.39. The van der Waals surface area contributed by atoms with Crippen LogP contribution in [0.3, 0.4) is 0 Å². The first-order chi connectivity index (χ1) is 19.4. The fourth-order valence-electron chi connectivity index (χ4n) is 4.36. The molecule has 10 nitrogen and oxygen atoms in total. The lowest BCUT2D eigenvalue weighted by Gasteiger charge is -2.26. The molecule has 3 atom stereocenters. The highest BCUT2D eigenvalue weighted by atomic mass is 16.5. The smallest absolute Gasteiger partial charge is 0.330 e. The molecule has 2 aromatic rings. The summed E-state index contributed by atoms with van der Waals surface area (Å²) < 4.78 is 4.92. The first kappa shape index (κ1) is 33.0. The van der Waals surface area contributed by atoms with E-state index in [9.17, 15) is 24.0 Å². The second kappa shape index (κ2) is 16.2. The van der Waals surface area contributed by atoms with Crippen molar-refractivity contribution in [2.24, 2.45) is 17.6 Å². The van der Waals surface area contributed by atoms with Gasteiger partial charge >= 0.3 is 5.97 Å². The molecule has 0 heterocycles. The summed E-state index contributed by atoms with van der Waals surface area (Å²) in [4.78, 5) is 63.3. The van der Waals surface area contributed by atoms with Gasteiger partial charge in [0.25, 0.3) is 5.91 Å². The molecule has 4 amide bonds. The van der Waals surface area contributed by atoms with E-state index >= 15 is 0 Å². The number of nitrogens with two attached hydrogens (primary N) is 1. The van der Waals surface area contributed by atoms with Gasteiger partial charge in [0.05, 0.1) is 6.61 Å². The van der Waals surface area contributed by atoms with Crippen LogP contribution in [0.1, 0.15) is 64.2 Å². The molecule has 0 aromatic heterocycles. The van der Waals surface area contributed by atoms with Gasteiger partial charge in [-0.05, 0) is 48.4 Å². The number of fused-ring (bicyclic) bond motifs is 1. The summed E-state index contributed by atoms with van der Waals surface area (Å²) in [5.41, 5.74) is 5.75. The van der Waals surface area contributed by atoms with Crippen LogP contribution in [0.2, 0.25) is 0 Å². The summed E-state index contributed by atoms with van der Waals surface area (Å²) in [5.74, 6) is -2.81. The number of esters is 1. The fourth-order valence-corrected chi connectivity index (χ4v) is 4.36. The van der Waals surface area contributed by atoms with Gasteiger partial charge in [-0.15, -0.1) is 0 Å². The summed E-state index contributed by atoms with van der Waals surface area (Å²) >= 11 is 0. The molecule has 0 saturated carbocycles. The summed E-state index contributed by atoms with van der Waals surface area (Å²) in [6.45, 7) is 9.42. The van der Waals surface area contributed by atoms with Gasteiger partial charge in [-0.2, -0.15) is 0 Å². The highest BCUT2D eigenvalue weighted by Gasteiger charge is 2.30. The van der Waals surface area contributed by atoms with Crippen LogP contribution in [0.25, 0.3) is 10.8 Å². The number of ether oxygens (including phenoxy) is 1. The zero-order valence-electron chi connectivity index (χ0n) is 24.4. The molecule has 0 aliphatic heterocycles. The van der Waals surface area contributed by atoms with Crippen molar-refractivity contribution in [1.29, 1.82) is 0 Å². The van der Waals surface area contributed by atoms with Crippen LogP contribution in [0.4, 0.5) is 0 Å². The quantitative estimate of drug-likeness (QED) is 0.192. The number of carbonyl (C=O) groups excluding carboxylic acids is 5. The number of nitrogens with one attached hydrogen (secondary N) is 3. The predicted octanol–water partition coefficient (Wildman–Crippen LogP) is 2.99. The molecule has 0 saturated heterocycles. The first-order valence-electron chi connectivity index (χ1n) is 14.0. The Hall–Kier alpha value is -4.21. The highest BCUT2D eigenvalue weighted by Crippen LogP contribution is 2.19. The van der Waals surface area contributed by atoms with E-state index in [-0.39, 0.29) is 31.3 Å². The van der Waals surface area contributed by atoms with Crippen molar-refractivity contribution in [3.8, 4) is 0 Å². The Balaban J connectivity index is 2.23. The number of carbonyl (C=O) groups is 5. The zero-order valence-corrected chi connectivity index (χ0v) is 24.4. The summed E-state index contributed by atoms with van der Waals surface area (Å²) in [5, 5.41) is 9.99. The first-order valence-corrected chi connectivity index (χ1v) is 14.0. The van der Waals surface area contributed by atoms with E-state index in [0.29, 0.717) is 12.0 Å². The van der Waals surface area contributed by atoms with E-state index in [2.05, 4.69) is 16.0 Å². The molecule has 0 spiro atoms. The van der Waals surface area contributed by atoms with E-state index < -0.39 is 47.7 Å². The molecule has 10 heteroatoms. The summed E-state index contributed by atoms with van der Waals surface area (Å²) in [7, 11) is 0. The molecule has 0 radical (unpaired) electrons. The summed E-state index contributed by atoms with van der Waals surface area (Å²) in [6, 6.07) is 10.2. The van der Waals surface area contributed by atoms with Crippen molar-refractivity contribution in [2.45, 2.75) is 72.0 Å². The monoisotopic (exact) mass is 566 g/mol. The third-order valence-electron chi connectivity index (χ3n) is 6.39. The van der Waals surface area contributed by atoms with Crippen molar-refractivity contribution in [3.63, 3.8) is 0 Å². The van der Waals surface area contributed by atoms with Crippen molar-refractivity contribution in [3.05, 3.63) is 60.2 Å². The number of benzene rings is 2. The van der Waals surface area contributed by atoms with Crippen molar-refractivity contribution in [1.82, 2.24) is 16.0 Å². The van der Waals surface area contributed by atoms with Crippen LogP contribution in [-0.4, -0.2) is 54.3 Å². The van der Waals surface area contributed by atoms with Crippen molar-refractivity contribution < 1.29 is 28.7 Å². The second-order valence-electron chi connectivity index (χ2n) is 10.6. The minimum absolute atomic E-state index is 0.0367. The molecule has 2 aromatic carbocycles. The van der Waals surface area contributed by atoms with Gasteiger partial charge in [-0.25, -0.2) is 4.79 Å². The van der Waals surface area contributed by atoms with Crippen LogP contribution in [-0.2, 0) is 23.9 Å². The molecule has 0 unspecified atom stereocenters. The van der Waals surface area contributed by atoms with Crippen LogP contribution in [0.5, 0.6) is 0 Å². The lowest BCUT2D eigenvalue weighted by atomic mass is 9.99. The lowest BCUT2D eigenvalue weighted by molar-refractivity contribution is -0.137. The molecule has 0 aliphatic carbocycles. The standard InChI is InChI=1S/C31H42N4O6/c1-6-41-27(37)17-14-22(18-19(2)3)33-30(39)25(15-16-26(32)36)34-31(40)28(20(4)5)35-29(38)24-13-9-11-21-10-7-8-12-23(21)24/h7-14,17,19-20,22,25,28H,6,15-16,18H2,1-5H3,(H2,32,36)(H,33,39)(H,34,40)(H,35,38)/b17-14+/t22-,25+,28+/m1/s1. The molecule has 41 heavy (non-hydrogen) atoms. The van der Waals surface area contributed by atoms with E-state index in [1.54, 1.807) is 39.0 Å². The topological polar surface area (TPSA) is 157 Å². The SMILES string of the molecule is CCOC(=O)/C=C/[C@H](CC(C)C)NC(=O)[C@H](CCC(N)=O)NC(=O)[C@@H](NC(=O)c1cccc2ccccc12)C(C)C.